The smallest absolute Gasteiger partial charge is 0.225 e. The molecule has 1 aromatic carbocycles. The Morgan fingerprint density at radius 3 is 2.24 bits per heavy atom. The Balaban J connectivity index is 1.68. The maximum absolute atomic E-state index is 4.93. The van der Waals surface area contributed by atoms with Gasteiger partial charge in [-0.2, -0.15) is 0 Å². The topological polar surface area (TPSA) is 46.8 Å². The Hall–Kier alpha value is -2.43. The molecule has 2 aromatic heterocycles. The molecule has 5 heteroatoms. The fraction of sp³-hybridized carbons (Fsp3) is 0.450. The Morgan fingerprint density at radius 2 is 1.60 bits per heavy atom. The number of imidazole rings is 1. The Labute approximate surface area is 148 Å². The van der Waals surface area contributed by atoms with E-state index in [1.807, 2.05) is 19.9 Å². The Bertz CT molecular complexity index is 909. The Kier molecular flexibility index (Phi) is 3.56. The van der Waals surface area contributed by atoms with Crippen LogP contribution in [0.15, 0.2) is 30.3 Å². The summed E-state index contributed by atoms with van der Waals surface area (Å²) in [5, 5.41) is 0. The van der Waals surface area contributed by atoms with Crippen molar-refractivity contribution in [1.82, 2.24) is 19.5 Å². The summed E-state index contributed by atoms with van der Waals surface area (Å²) in [5.74, 6) is 2.00. The quantitative estimate of drug-likeness (QED) is 0.714. The van der Waals surface area contributed by atoms with Gasteiger partial charge in [0, 0.05) is 29.9 Å². The SMILES string of the molecule is Cc1cc(C)nc(N2CC(n3c(C(C)(C)C)nc4ccccc43)C2)n1. The molecule has 3 heterocycles. The number of anilines is 1. The van der Waals surface area contributed by atoms with Crippen molar-refractivity contribution in [2.24, 2.45) is 0 Å². The zero-order valence-corrected chi connectivity index (χ0v) is 15.6. The first kappa shape index (κ1) is 16.1. The van der Waals surface area contributed by atoms with Crippen LogP contribution in [0.2, 0.25) is 0 Å². The molecule has 0 aliphatic carbocycles. The van der Waals surface area contributed by atoms with E-state index in [4.69, 9.17) is 4.98 Å². The second kappa shape index (κ2) is 5.55. The van der Waals surface area contributed by atoms with Crippen LogP contribution in [0, 0.1) is 13.8 Å². The van der Waals surface area contributed by atoms with Crippen molar-refractivity contribution in [2.75, 3.05) is 18.0 Å². The minimum absolute atomic E-state index is 0.00978. The van der Waals surface area contributed by atoms with Crippen molar-refractivity contribution in [3.63, 3.8) is 0 Å². The van der Waals surface area contributed by atoms with Crippen LogP contribution in [0.3, 0.4) is 0 Å². The number of rotatable bonds is 2. The van der Waals surface area contributed by atoms with Crippen LogP contribution in [-0.4, -0.2) is 32.6 Å². The van der Waals surface area contributed by atoms with Gasteiger partial charge >= 0.3 is 0 Å². The number of aromatic nitrogens is 4. The summed E-state index contributed by atoms with van der Waals surface area (Å²) < 4.78 is 2.43. The van der Waals surface area contributed by atoms with E-state index in [1.54, 1.807) is 0 Å². The number of hydrogen-bond donors (Lipinski definition) is 0. The minimum atomic E-state index is 0.00978. The molecule has 1 aliphatic heterocycles. The van der Waals surface area contributed by atoms with Gasteiger partial charge in [0.25, 0.3) is 0 Å². The van der Waals surface area contributed by atoms with Crippen LogP contribution >= 0.6 is 0 Å². The van der Waals surface area contributed by atoms with Gasteiger partial charge in [0.2, 0.25) is 5.95 Å². The van der Waals surface area contributed by atoms with Gasteiger partial charge in [0.1, 0.15) is 5.82 Å². The van der Waals surface area contributed by atoms with Crippen molar-refractivity contribution in [2.45, 2.75) is 46.1 Å². The van der Waals surface area contributed by atoms with E-state index < -0.39 is 0 Å². The van der Waals surface area contributed by atoms with Gasteiger partial charge in [-0.25, -0.2) is 15.0 Å². The highest BCUT2D eigenvalue weighted by Gasteiger charge is 2.35. The third kappa shape index (κ3) is 2.77. The second-order valence-corrected chi connectivity index (χ2v) is 8.05. The molecule has 0 N–H and O–H groups in total. The Morgan fingerprint density at radius 1 is 0.960 bits per heavy atom. The van der Waals surface area contributed by atoms with E-state index in [2.05, 4.69) is 64.5 Å². The number of aryl methyl sites for hydroxylation is 2. The van der Waals surface area contributed by atoms with Crippen LogP contribution in [0.4, 0.5) is 5.95 Å². The highest BCUT2D eigenvalue weighted by molar-refractivity contribution is 5.76. The average molecular weight is 335 g/mol. The highest BCUT2D eigenvalue weighted by atomic mass is 15.3. The zero-order valence-electron chi connectivity index (χ0n) is 15.6. The normalized spacial score (nSPS) is 15.6. The van der Waals surface area contributed by atoms with Crippen LogP contribution < -0.4 is 4.90 Å². The molecule has 25 heavy (non-hydrogen) atoms. The van der Waals surface area contributed by atoms with Gasteiger partial charge in [-0.3, -0.25) is 0 Å². The van der Waals surface area contributed by atoms with Crippen molar-refractivity contribution in [1.29, 1.82) is 0 Å². The summed E-state index contributed by atoms with van der Waals surface area (Å²) in [6, 6.07) is 10.9. The van der Waals surface area contributed by atoms with Crippen molar-refractivity contribution >= 4 is 17.0 Å². The summed E-state index contributed by atoms with van der Waals surface area (Å²) in [6.07, 6.45) is 0. The third-order valence-corrected chi connectivity index (χ3v) is 4.75. The van der Waals surface area contributed by atoms with Gasteiger partial charge < -0.3 is 9.47 Å². The van der Waals surface area contributed by atoms with E-state index in [1.165, 1.54) is 5.52 Å². The number of nitrogens with zero attached hydrogens (tertiary/aromatic N) is 5. The first-order chi connectivity index (χ1) is 11.8. The first-order valence-electron chi connectivity index (χ1n) is 8.87. The second-order valence-electron chi connectivity index (χ2n) is 8.05. The lowest BCUT2D eigenvalue weighted by molar-refractivity contribution is 0.369. The molecule has 4 rings (SSSR count). The summed E-state index contributed by atoms with van der Waals surface area (Å²) in [4.78, 5) is 16.4. The van der Waals surface area contributed by atoms with Gasteiger partial charge in [-0.15, -0.1) is 0 Å². The molecular weight excluding hydrogens is 310 g/mol. The van der Waals surface area contributed by atoms with Crippen molar-refractivity contribution < 1.29 is 0 Å². The molecule has 0 radical (unpaired) electrons. The third-order valence-electron chi connectivity index (χ3n) is 4.75. The van der Waals surface area contributed by atoms with E-state index in [-0.39, 0.29) is 5.41 Å². The van der Waals surface area contributed by atoms with Crippen molar-refractivity contribution in [3.05, 3.63) is 47.5 Å². The highest BCUT2D eigenvalue weighted by Crippen LogP contribution is 2.34. The molecule has 1 saturated heterocycles. The molecule has 0 bridgehead atoms. The number of para-hydroxylation sites is 2. The van der Waals surface area contributed by atoms with Crippen LogP contribution in [0.25, 0.3) is 11.0 Å². The van der Waals surface area contributed by atoms with Crippen molar-refractivity contribution in [3.8, 4) is 0 Å². The van der Waals surface area contributed by atoms with Gasteiger partial charge in [0.15, 0.2) is 0 Å². The number of hydrogen-bond acceptors (Lipinski definition) is 4. The largest absolute Gasteiger partial charge is 0.337 e. The lowest BCUT2D eigenvalue weighted by atomic mass is 9.94. The fourth-order valence-electron chi connectivity index (χ4n) is 3.57. The molecule has 0 spiro atoms. The fourth-order valence-corrected chi connectivity index (χ4v) is 3.57. The van der Waals surface area contributed by atoms with Gasteiger partial charge in [-0.05, 0) is 32.0 Å². The molecule has 0 atom stereocenters. The predicted octanol–water partition coefficient (Wildman–Crippen LogP) is 3.80. The molecular formula is C20H25N5. The van der Waals surface area contributed by atoms with E-state index in [0.29, 0.717) is 6.04 Å². The van der Waals surface area contributed by atoms with E-state index in [9.17, 15) is 0 Å². The van der Waals surface area contributed by atoms with Crippen LogP contribution in [-0.2, 0) is 5.41 Å². The predicted molar refractivity (Wildman–Crippen MR) is 101 cm³/mol. The minimum Gasteiger partial charge on any atom is -0.337 e. The lowest BCUT2D eigenvalue weighted by Crippen LogP contribution is -2.49. The monoisotopic (exact) mass is 335 g/mol. The van der Waals surface area contributed by atoms with E-state index in [0.717, 1.165) is 41.8 Å². The summed E-state index contributed by atoms with van der Waals surface area (Å²) in [7, 11) is 0. The maximum atomic E-state index is 4.93. The van der Waals surface area contributed by atoms with Gasteiger partial charge in [-0.1, -0.05) is 32.9 Å². The van der Waals surface area contributed by atoms with Gasteiger partial charge in [0.05, 0.1) is 17.1 Å². The number of fused-ring (bicyclic) bond motifs is 1. The summed E-state index contributed by atoms with van der Waals surface area (Å²) >= 11 is 0. The molecule has 0 amide bonds. The van der Waals surface area contributed by atoms with Crippen LogP contribution in [0.1, 0.15) is 44.0 Å². The van der Waals surface area contributed by atoms with Crippen LogP contribution in [0.5, 0.6) is 0 Å². The first-order valence-corrected chi connectivity index (χ1v) is 8.87. The molecule has 1 aliphatic rings. The maximum Gasteiger partial charge on any atom is 0.225 e. The molecule has 0 saturated carbocycles. The summed E-state index contributed by atoms with van der Waals surface area (Å²) in [6.45, 7) is 12.6. The zero-order chi connectivity index (χ0) is 17.8. The standard InChI is InChI=1S/C20H25N5/c1-13-10-14(2)22-19(21-13)24-11-15(12-24)25-17-9-7-6-8-16(17)23-18(25)20(3,4)5/h6-10,15H,11-12H2,1-5H3. The number of benzene rings is 1. The molecule has 130 valence electrons. The average Bonchev–Trinajstić information content (AvgIpc) is 2.85. The molecule has 5 nitrogen and oxygen atoms in total. The molecule has 0 unspecified atom stereocenters. The summed E-state index contributed by atoms with van der Waals surface area (Å²) in [5.41, 5.74) is 4.35. The molecule has 3 aromatic rings. The van der Waals surface area contributed by atoms with E-state index >= 15 is 0 Å². The lowest BCUT2D eigenvalue weighted by Gasteiger charge is -2.42. The molecule has 1 fully saturated rings.